The third-order valence-electron chi connectivity index (χ3n) is 2.12. The lowest BCUT2D eigenvalue weighted by molar-refractivity contribution is 0.920. The first-order chi connectivity index (χ1) is 6.81. The van der Waals surface area contributed by atoms with Crippen molar-refractivity contribution in [3.63, 3.8) is 0 Å². The molecule has 1 heterocycles. The van der Waals surface area contributed by atoms with Crippen LogP contribution in [0.3, 0.4) is 0 Å². The Bertz CT molecular complexity index is 433. The summed E-state index contributed by atoms with van der Waals surface area (Å²) in [5, 5.41) is 11.0. The van der Waals surface area contributed by atoms with Crippen molar-refractivity contribution in [3.05, 3.63) is 30.6 Å². The molecule has 0 unspecified atom stereocenters. The molecule has 0 aliphatic heterocycles. The number of rotatable bonds is 2. The summed E-state index contributed by atoms with van der Waals surface area (Å²) in [6, 6.07) is 8.07. The number of hydrogen-bond donors (Lipinski definition) is 1. The van der Waals surface area contributed by atoms with Crippen molar-refractivity contribution in [3.8, 4) is 11.4 Å². The molecule has 1 aromatic heterocycles. The fourth-order valence-corrected chi connectivity index (χ4v) is 1.36. The van der Waals surface area contributed by atoms with Gasteiger partial charge in [0.05, 0.1) is 0 Å². The Labute approximate surface area is 82.6 Å². The molecule has 4 nitrogen and oxygen atoms in total. The molecule has 0 aliphatic rings. The van der Waals surface area contributed by atoms with E-state index in [-0.39, 0.29) is 0 Å². The topological polar surface area (TPSA) is 42.7 Å². The van der Waals surface area contributed by atoms with Gasteiger partial charge in [0, 0.05) is 25.3 Å². The lowest BCUT2D eigenvalue weighted by Crippen LogP contribution is -1.93. The van der Waals surface area contributed by atoms with E-state index in [1.165, 1.54) is 0 Å². The molecule has 72 valence electrons. The molecule has 1 N–H and O–H groups in total. The summed E-state index contributed by atoms with van der Waals surface area (Å²) in [6.45, 7) is 0. The summed E-state index contributed by atoms with van der Waals surface area (Å²) in [6.07, 6.45) is 1.70. The maximum Gasteiger partial charge on any atom is 0.163 e. The average molecular weight is 188 g/mol. The molecular formula is C10H12N4. The van der Waals surface area contributed by atoms with Crippen molar-refractivity contribution in [2.45, 2.75) is 0 Å². The van der Waals surface area contributed by atoms with Gasteiger partial charge in [-0.3, -0.25) is 0 Å². The van der Waals surface area contributed by atoms with Crippen LogP contribution in [0.5, 0.6) is 0 Å². The Balaban J connectivity index is 2.47. The van der Waals surface area contributed by atoms with Crippen molar-refractivity contribution in [1.29, 1.82) is 0 Å². The summed E-state index contributed by atoms with van der Waals surface area (Å²) >= 11 is 0. The Morgan fingerprint density at radius 1 is 1.36 bits per heavy atom. The van der Waals surface area contributed by atoms with Crippen molar-refractivity contribution < 1.29 is 0 Å². The molecule has 4 heteroatoms. The van der Waals surface area contributed by atoms with Crippen LogP contribution in [0.1, 0.15) is 0 Å². The number of benzene rings is 1. The molecule has 0 fully saturated rings. The fraction of sp³-hybridized carbons (Fsp3) is 0.200. The molecule has 0 spiro atoms. The standard InChI is InChI=1S/C10H12N4/c1-11-9-5-3-4-8(6-9)10-13-12-7-14(10)2/h3-7,11H,1-2H3. The van der Waals surface area contributed by atoms with E-state index in [1.54, 1.807) is 6.33 Å². The molecule has 1 aromatic carbocycles. The molecule has 0 atom stereocenters. The number of nitrogens with zero attached hydrogens (tertiary/aromatic N) is 3. The predicted octanol–water partition coefficient (Wildman–Crippen LogP) is 1.52. The molecule has 0 radical (unpaired) electrons. The second-order valence-corrected chi connectivity index (χ2v) is 3.10. The smallest absolute Gasteiger partial charge is 0.163 e. The van der Waals surface area contributed by atoms with Crippen molar-refractivity contribution in [1.82, 2.24) is 14.8 Å². The van der Waals surface area contributed by atoms with Gasteiger partial charge in [0.25, 0.3) is 0 Å². The predicted molar refractivity (Wildman–Crippen MR) is 56.0 cm³/mol. The monoisotopic (exact) mass is 188 g/mol. The summed E-state index contributed by atoms with van der Waals surface area (Å²) in [5.41, 5.74) is 2.14. The van der Waals surface area contributed by atoms with Crippen molar-refractivity contribution in [2.75, 3.05) is 12.4 Å². The maximum atomic E-state index is 4.05. The van der Waals surface area contributed by atoms with E-state index in [9.17, 15) is 0 Å². The van der Waals surface area contributed by atoms with Crippen LogP contribution in [-0.4, -0.2) is 21.8 Å². The minimum absolute atomic E-state index is 0.877. The molecule has 14 heavy (non-hydrogen) atoms. The molecule has 0 saturated carbocycles. The summed E-state index contributed by atoms with van der Waals surface area (Å²) in [4.78, 5) is 0. The van der Waals surface area contributed by atoms with Crippen LogP contribution >= 0.6 is 0 Å². The Morgan fingerprint density at radius 3 is 2.86 bits per heavy atom. The van der Waals surface area contributed by atoms with E-state index in [0.717, 1.165) is 17.1 Å². The normalized spacial score (nSPS) is 10.1. The summed E-state index contributed by atoms with van der Waals surface area (Å²) in [5.74, 6) is 0.877. The zero-order valence-electron chi connectivity index (χ0n) is 8.23. The van der Waals surface area contributed by atoms with E-state index in [1.807, 2.05) is 42.9 Å². The molecule has 2 rings (SSSR count). The van der Waals surface area contributed by atoms with E-state index in [2.05, 4.69) is 15.5 Å². The van der Waals surface area contributed by atoms with Gasteiger partial charge >= 0.3 is 0 Å². The van der Waals surface area contributed by atoms with E-state index >= 15 is 0 Å². The van der Waals surface area contributed by atoms with Crippen molar-refractivity contribution >= 4 is 5.69 Å². The average Bonchev–Trinajstić information content (AvgIpc) is 2.65. The number of anilines is 1. The highest BCUT2D eigenvalue weighted by molar-refractivity contribution is 5.62. The van der Waals surface area contributed by atoms with Gasteiger partial charge < -0.3 is 9.88 Å². The molecule has 0 bridgehead atoms. The third-order valence-corrected chi connectivity index (χ3v) is 2.12. The Hall–Kier alpha value is -1.84. The minimum Gasteiger partial charge on any atom is -0.388 e. The maximum absolute atomic E-state index is 4.05. The largest absolute Gasteiger partial charge is 0.388 e. The van der Waals surface area contributed by atoms with Gasteiger partial charge in [-0.25, -0.2) is 0 Å². The highest BCUT2D eigenvalue weighted by Crippen LogP contribution is 2.19. The quantitative estimate of drug-likeness (QED) is 0.777. The van der Waals surface area contributed by atoms with E-state index in [4.69, 9.17) is 0 Å². The summed E-state index contributed by atoms with van der Waals surface area (Å²) < 4.78 is 1.90. The van der Waals surface area contributed by atoms with Crippen LogP contribution in [0, 0.1) is 0 Å². The molecular weight excluding hydrogens is 176 g/mol. The van der Waals surface area contributed by atoms with Crippen LogP contribution in [0.15, 0.2) is 30.6 Å². The number of aromatic nitrogens is 3. The first-order valence-corrected chi connectivity index (χ1v) is 4.43. The SMILES string of the molecule is CNc1cccc(-c2nncn2C)c1. The van der Waals surface area contributed by atoms with Crippen LogP contribution in [0.2, 0.25) is 0 Å². The van der Waals surface area contributed by atoms with E-state index < -0.39 is 0 Å². The van der Waals surface area contributed by atoms with Crippen molar-refractivity contribution in [2.24, 2.45) is 7.05 Å². The number of aryl methyl sites for hydroxylation is 1. The van der Waals surface area contributed by atoms with Gasteiger partial charge in [0.1, 0.15) is 6.33 Å². The van der Waals surface area contributed by atoms with Gasteiger partial charge in [-0.1, -0.05) is 12.1 Å². The van der Waals surface area contributed by atoms with Crippen LogP contribution in [0.25, 0.3) is 11.4 Å². The minimum atomic E-state index is 0.877. The lowest BCUT2D eigenvalue weighted by atomic mass is 10.2. The van der Waals surface area contributed by atoms with Gasteiger partial charge in [-0.15, -0.1) is 10.2 Å². The van der Waals surface area contributed by atoms with E-state index in [0.29, 0.717) is 0 Å². The van der Waals surface area contributed by atoms with Gasteiger partial charge in [-0.2, -0.15) is 0 Å². The van der Waals surface area contributed by atoms with Gasteiger partial charge in [0.2, 0.25) is 0 Å². The Morgan fingerprint density at radius 2 is 2.21 bits per heavy atom. The molecule has 0 saturated heterocycles. The van der Waals surface area contributed by atoms with Gasteiger partial charge in [-0.05, 0) is 12.1 Å². The zero-order chi connectivity index (χ0) is 9.97. The van der Waals surface area contributed by atoms with Crippen LogP contribution < -0.4 is 5.32 Å². The molecule has 0 amide bonds. The second-order valence-electron chi connectivity index (χ2n) is 3.10. The third kappa shape index (κ3) is 1.46. The first kappa shape index (κ1) is 8.74. The Kier molecular flexibility index (Phi) is 2.18. The van der Waals surface area contributed by atoms with Crippen LogP contribution in [-0.2, 0) is 7.05 Å². The number of hydrogen-bond acceptors (Lipinski definition) is 3. The molecule has 0 aliphatic carbocycles. The fourth-order valence-electron chi connectivity index (χ4n) is 1.36. The van der Waals surface area contributed by atoms with Gasteiger partial charge in [0.15, 0.2) is 5.82 Å². The number of nitrogens with one attached hydrogen (secondary N) is 1. The summed E-state index contributed by atoms with van der Waals surface area (Å²) in [7, 11) is 3.83. The first-order valence-electron chi connectivity index (χ1n) is 4.43. The van der Waals surface area contributed by atoms with Crippen LogP contribution in [0.4, 0.5) is 5.69 Å². The highest BCUT2D eigenvalue weighted by Gasteiger charge is 2.03. The molecule has 2 aromatic rings. The highest BCUT2D eigenvalue weighted by atomic mass is 15.2. The lowest BCUT2D eigenvalue weighted by Gasteiger charge is -2.03. The zero-order valence-corrected chi connectivity index (χ0v) is 8.23. The second kappa shape index (κ2) is 3.49.